The summed E-state index contributed by atoms with van der Waals surface area (Å²) in [6, 6.07) is 131. The van der Waals surface area contributed by atoms with Crippen LogP contribution in [0.5, 0.6) is 0 Å². The summed E-state index contributed by atoms with van der Waals surface area (Å²) in [5.74, 6) is 1.92. The van der Waals surface area contributed by atoms with Crippen molar-refractivity contribution in [2.45, 2.75) is 0 Å². The average Bonchev–Trinajstić information content (AvgIpc) is 1.18. The van der Waals surface area contributed by atoms with Gasteiger partial charge in [0.15, 0.2) is 17.5 Å². The van der Waals surface area contributed by atoms with Crippen LogP contribution in [-0.4, -0.2) is 34.1 Å². The van der Waals surface area contributed by atoms with Crippen molar-refractivity contribution >= 4 is 87.0 Å². The zero-order chi connectivity index (χ0) is 67.5. The molecule has 0 spiro atoms. The summed E-state index contributed by atoms with van der Waals surface area (Å²) in [6.07, 6.45) is 0. The van der Waals surface area contributed by atoms with Gasteiger partial charge in [0.1, 0.15) is 0 Å². The lowest BCUT2D eigenvalue weighted by Crippen LogP contribution is -2.01. The summed E-state index contributed by atoms with van der Waals surface area (Å²) < 4.78 is 4.73. The molecule has 0 unspecified atom stereocenters. The molecule has 20 rings (SSSR count). The van der Waals surface area contributed by atoms with Crippen molar-refractivity contribution in [1.29, 1.82) is 0 Å². The van der Waals surface area contributed by atoms with E-state index in [1.165, 1.54) is 59.7 Å². The second kappa shape index (κ2) is 25.3. The first-order valence-corrected chi connectivity index (χ1v) is 34.5. The lowest BCUT2D eigenvalue weighted by atomic mass is 9.93. The van der Waals surface area contributed by atoms with Gasteiger partial charge in [0.2, 0.25) is 0 Å². The molecule has 0 radical (unpaired) electrons. The second-order valence-electron chi connectivity index (χ2n) is 25.9. The van der Waals surface area contributed by atoms with Gasteiger partial charge >= 0.3 is 0 Å². The van der Waals surface area contributed by atoms with Crippen molar-refractivity contribution < 1.29 is 0 Å². The Morgan fingerprint density at radius 3 is 1.09 bits per heavy atom. The number of rotatable bonds is 10. The molecule has 0 saturated carbocycles. The van der Waals surface area contributed by atoms with Crippen LogP contribution < -0.4 is 0 Å². The molecule has 102 heavy (non-hydrogen) atoms. The maximum atomic E-state index is 5.42. The minimum absolute atomic E-state index is 0.629. The SMILES string of the molecule is c1ccc(-c2cc(-c3ccc4ccccc4c3)nc3c2ccc2c(-c4ccccc4)cc(-c4ccc5ccccc5c4)nc23)cc1.c1ccc(-c2nc(-c3ccccc3)nc(-c3cccc(-n4c5ccccc5c5ccc(-c6ccc7c(c6)c6ccccc6n7-c6ccccc6)cc54)c3)n2)cc1. The van der Waals surface area contributed by atoms with Crippen LogP contribution in [0.25, 0.3) is 188 Å². The maximum absolute atomic E-state index is 5.42. The van der Waals surface area contributed by atoms with Gasteiger partial charge in [-0.05, 0) is 134 Å². The first-order chi connectivity index (χ1) is 50.5. The van der Waals surface area contributed by atoms with Crippen LogP contribution in [0.15, 0.2) is 370 Å². The van der Waals surface area contributed by atoms with E-state index in [2.05, 4.69) is 319 Å². The predicted molar refractivity (Wildman–Crippen MR) is 424 cm³/mol. The number of benzene rings is 15. The fourth-order valence-electron chi connectivity index (χ4n) is 14.8. The first-order valence-electron chi connectivity index (χ1n) is 34.5. The van der Waals surface area contributed by atoms with E-state index in [9.17, 15) is 0 Å². The standard InChI is InChI=1S/C51H33N5.C44H28N2/c1-4-15-34(16-5-1)49-52-50(35-17-6-2-7-18-35)54-51(53-49)38-19-14-22-40(31-38)56-45-25-12-10-23-41(45)43-29-27-37(33-48(43)56)36-28-30-47-44(32-36)42-24-11-13-26-46(42)55(47)39-20-8-3-9-21-39;1-3-13-31(14-4-1)39-27-41(35-21-19-29-11-7-9-17-33(29)25-35)45-43-37(39)23-24-38-40(32-15-5-2-6-16-32)28-42(46-44(38)43)36-22-20-30-12-8-10-18-34(30)26-36/h1-33H;1-28H. The fraction of sp³-hybridized carbons (Fsp3) is 0. The molecule has 5 aromatic heterocycles. The van der Waals surface area contributed by atoms with Crippen LogP contribution in [0.2, 0.25) is 0 Å². The van der Waals surface area contributed by atoms with Gasteiger partial charge in [0.25, 0.3) is 0 Å². The Kier molecular flexibility index (Phi) is 14.7. The Morgan fingerprint density at radius 2 is 0.549 bits per heavy atom. The Labute approximate surface area is 588 Å². The molecule has 7 nitrogen and oxygen atoms in total. The van der Waals surface area contributed by atoms with Gasteiger partial charge in [-0.15, -0.1) is 0 Å². The molecular weight excluding hydrogens is 1240 g/mol. The van der Waals surface area contributed by atoms with Crippen LogP contribution >= 0.6 is 0 Å². The van der Waals surface area contributed by atoms with Crippen molar-refractivity contribution in [3.63, 3.8) is 0 Å². The molecular formula is C95H61N7. The van der Waals surface area contributed by atoms with Crippen molar-refractivity contribution in [2.24, 2.45) is 0 Å². The van der Waals surface area contributed by atoms with E-state index >= 15 is 0 Å². The van der Waals surface area contributed by atoms with Crippen LogP contribution in [0.4, 0.5) is 0 Å². The van der Waals surface area contributed by atoms with Crippen molar-refractivity contribution in [3.05, 3.63) is 370 Å². The van der Waals surface area contributed by atoms with Gasteiger partial charge < -0.3 is 9.13 Å². The van der Waals surface area contributed by atoms with E-state index in [-0.39, 0.29) is 0 Å². The summed E-state index contributed by atoms with van der Waals surface area (Å²) in [6.45, 7) is 0. The maximum Gasteiger partial charge on any atom is 0.164 e. The summed E-state index contributed by atoms with van der Waals surface area (Å²) in [5, 5.41) is 11.9. The van der Waals surface area contributed by atoms with Gasteiger partial charge in [-0.2, -0.15) is 0 Å². The van der Waals surface area contributed by atoms with Gasteiger partial charge in [0.05, 0.1) is 44.5 Å². The number of pyridine rings is 2. The minimum atomic E-state index is 0.629. The molecule has 0 N–H and O–H groups in total. The van der Waals surface area contributed by atoms with Crippen LogP contribution in [-0.2, 0) is 0 Å². The van der Waals surface area contributed by atoms with E-state index in [0.717, 1.165) is 111 Å². The lowest BCUT2D eigenvalue weighted by molar-refractivity contribution is 1.07. The van der Waals surface area contributed by atoms with E-state index < -0.39 is 0 Å². The third-order valence-electron chi connectivity index (χ3n) is 19.8. The van der Waals surface area contributed by atoms with Crippen LogP contribution in [0.1, 0.15) is 0 Å². The highest BCUT2D eigenvalue weighted by Crippen LogP contribution is 2.43. The zero-order valence-corrected chi connectivity index (χ0v) is 55.3. The summed E-state index contributed by atoms with van der Waals surface area (Å²) >= 11 is 0. The molecule has 15 aromatic carbocycles. The summed E-state index contributed by atoms with van der Waals surface area (Å²) in [4.78, 5) is 25.8. The van der Waals surface area contributed by atoms with Crippen LogP contribution in [0, 0.1) is 0 Å². The molecule has 0 aliphatic carbocycles. The van der Waals surface area contributed by atoms with Crippen molar-refractivity contribution in [1.82, 2.24) is 34.1 Å². The monoisotopic (exact) mass is 1300 g/mol. The molecule has 5 heterocycles. The molecule has 0 saturated heterocycles. The van der Waals surface area contributed by atoms with E-state index in [1.807, 2.05) is 60.7 Å². The Bertz CT molecular complexity index is 6370. The highest BCUT2D eigenvalue weighted by molar-refractivity contribution is 6.15. The molecule has 476 valence electrons. The highest BCUT2D eigenvalue weighted by atomic mass is 15.0. The second-order valence-corrected chi connectivity index (χ2v) is 25.9. The molecule has 0 fully saturated rings. The predicted octanol–water partition coefficient (Wildman–Crippen LogP) is 24.5. The Morgan fingerprint density at radius 1 is 0.176 bits per heavy atom. The lowest BCUT2D eigenvalue weighted by Gasteiger charge is -2.16. The fourth-order valence-corrected chi connectivity index (χ4v) is 14.8. The number of para-hydroxylation sites is 3. The van der Waals surface area contributed by atoms with Gasteiger partial charge in [-0.3, -0.25) is 0 Å². The summed E-state index contributed by atoms with van der Waals surface area (Å²) in [5.41, 5.74) is 22.5. The topological polar surface area (TPSA) is 74.3 Å². The highest BCUT2D eigenvalue weighted by Gasteiger charge is 2.21. The van der Waals surface area contributed by atoms with Gasteiger partial charge in [-0.25, -0.2) is 24.9 Å². The van der Waals surface area contributed by atoms with Crippen molar-refractivity contribution in [2.75, 3.05) is 0 Å². The minimum Gasteiger partial charge on any atom is -0.309 e. The Balaban J connectivity index is 0.000000144. The quantitative estimate of drug-likeness (QED) is 0.128. The molecule has 0 bridgehead atoms. The largest absolute Gasteiger partial charge is 0.309 e. The third kappa shape index (κ3) is 10.8. The number of fused-ring (bicyclic) bond motifs is 11. The molecule has 0 atom stereocenters. The van der Waals surface area contributed by atoms with Crippen molar-refractivity contribution in [3.8, 4) is 101 Å². The first kappa shape index (κ1) is 59.5. The number of aromatic nitrogens is 7. The van der Waals surface area contributed by atoms with Gasteiger partial charge in [0, 0.05) is 71.5 Å². The number of hydrogen-bond donors (Lipinski definition) is 0. The third-order valence-corrected chi connectivity index (χ3v) is 19.8. The molecule has 7 heteroatoms. The molecule has 0 aliphatic rings. The van der Waals surface area contributed by atoms with Crippen LogP contribution in [0.3, 0.4) is 0 Å². The zero-order valence-electron chi connectivity index (χ0n) is 55.3. The van der Waals surface area contributed by atoms with Gasteiger partial charge in [-0.1, -0.05) is 291 Å². The normalized spacial score (nSPS) is 11.5. The number of hydrogen-bond acceptors (Lipinski definition) is 5. The summed E-state index contributed by atoms with van der Waals surface area (Å²) in [7, 11) is 0. The molecule has 20 aromatic rings. The number of nitrogens with zero attached hydrogens (tertiary/aromatic N) is 7. The average molecular weight is 1300 g/mol. The Hall–Kier alpha value is -13.8. The van der Waals surface area contributed by atoms with E-state index in [4.69, 9.17) is 24.9 Å². The van der Waals surface area contributed by atoms with E-state index in [0.29, 0.717) is 17.5 Å². The van der Waals surface area contributed by atoms with E-state index in [1.54, 1.807) is 0 Å². The smallest absolute Gasteiger partial charge is 0.164 e. The molecule has 0 aliphatic heterocycles. The molecule has 0 amide bonds.